The number of amides is 1. The molecule has 0 saturated carbocycles. The molecule has 2 aromatic carbocycles. The summed E-state index contributed by atoms with van der Waals surface area (Å²) in [6, 6.07) is 9.53. The predicted molar refractivity (Wildman–Crippen MR) is 135 cm³/mol. The molecule has 2 heterocycles. The highest BCUT2D eigenvalue weighted by atomic mass is 35.5. The number of fused-ring (bicyclic) bond motifs is 1. The second-order valence-corrected chi connectivity index (χ2v) is 10.2. The first-order valence-electron chi connectivity index (χ1n) is 9.88. The normalized spacial score (nSPS) is 20.2. The molecule has 2 aromatic rings. The molecule has 160 valence electrons. The number of allylic oxidation sites excluding steroid dienone is 1. The summed E-state index contributed by atoms with van der Waals surface area (Å²) in [6.07, 6.45) is 4.07. The Morgan fingerprint density at radius 2 is 1.90 bits per heavy atom. The highest BCUT2D eigenvalue weighted by Gasteiger charge is 2.30. The monoisotopic (exact) mass is 471 g/mol. The number of rotatable bonds is 2. The van der Waals surface area contributed by atoms with E-state index < -0.39 is 0 Å². The predicted octanol–water partition coefficient (Wildman–Crippen LogP) is 6.83. The van der Waals surface area contributed by atoms with Crippen LogP contribution < -0.4 is 10.2 Å². The van der Waals surface area contributed by atoms with Gasteiger partial charge in [-0.3, -0.25) is 4.79 Å². The lowest BCUT2D eigenvalue weighted by Crippen LogP contribution is -2.42. The van der Waals surface area contributed by atoms with Crippen LogP contribution in [0.3, 0.4) is 0 Å². The molecule has 0 spiro atoms. The molecule has 0 aliphatic carbocycles. The third-order valence-electron chi connectivity index (χ3n) is 5.67. The minimum Gasteiger partial charge on any atom is -0.365 e. The second kappa shape index (κ2) is 8.05. The number of likely N-dealkylation sites (N-methyl/N-ethyl adjacent to an activating group) is 1. The summed E-state index contributed by atoms with van der Waals surface area (Å²) in [5, 5.41) is 4.56. The molecule has 1 N–H and O–H groups in total. The summed E-state index contributed by atoms with van der Waals surface area (Å²) in [6.45, 7) is 8.40. The lowest BCUT2D eigenvalue weighted by atomic mass is 9.88. The lowest BCUT2D eigenvalue weighted by molar-refractivity contribution is -0.115. The Morgan fingerprint density at radius 3 is 2.65 bits per heavy atom. The number of benzene rings is 2. The molecule has 31 heavy (non-hydrogen) atoms. The van der Waals surface area contributed by atoms with E-state index in [9.17, 15) is 4.79 Å². The SMILES string of the molecule is CC1=CC(C)(C)N(C)c2cc(Cl)c(/C=C3\SC(=Nc4cc(Cl)ccc4C)NC3=O)cc21. The van der Waals surface area contributed by atoms with Gasteiger partial charge in [-0.15, -0.1) is 0 Å². The number of halogens is 2. The Morgan fingerprint density at radius 1 is 1.16 bits per heavy atom. The fraction of sp³-hybridized carbons (Fsp3) is 0.250. The summed E-state index contributed by atoms with van der Waals surface area (Å²) in [5.74, 6) is -0.192. The van der Waals surface area contributed by atoms with Crippen molar-refractivity contribution in [3.8, 4) is 0 Å². The molecule has 4 rings (SSSR count). The zero-order valence-electron chi connectivity index (χ0n) is 18.0. The maximum atomic E-state index is 12.6. The summed E-state index contributed by atoms with van der Waals surface area (Å²) in [4.78, 5) is 19.9. The van der Waals surface area contributed by atoms with Gasteiger partial charge in [-0.1, -0.05) is 35.3 Å². The number of aliphatic imine (C=N–C) groups is 1. The van der Waals surface area contributed by atoms with Crippen LogP contribution in [0.1, 0.15) is 37.5 Å². The first-order valence-corrected chi connectivity index (χ1v) is 11.5. The molecule has 4 nitrogen and oxygen atoms in total. The Kier molecular flexibility index (Phi) is 5.71. The standard InChI is InChI=1S/C24H23Cl2N3OS/c1-13-6-7-16(25)10-19(13)27-23-28-22(30)21(31-23)9-15-8-17-14(2)12-24(3,4)29(5)20(17)11-18(15)26/h6-12H,1-5H3,(H,27,28,30)/b21-9-. The van der Waals surface area contributed by atoms with Crippen LogP contribution in [0.25, 0.3) is 11.6 Å². The molecule has 0 radical (unpaired) electrons. The van der Waals surface area contributed by atoms with E-state index in [-0.39, 0.29) is 11.4 Å². The van der Waals surface area contributed by atoms with E-state index in [0.29, 0.717) is 20.1 Å². The average Bonchev–Trinajstić information content (AvgIpc) is 3.03. The van der Waals surface area contributed by atoms with Crippen LogP contribution in [0.5, 0.6) is 0 Å². The van der Waals surface area contributed by atoms with Crippen molar-refractivity contribution in [1.82, 2.24) is 5.32 Å². The Hall–Kier alpha value is -2.21. The van der Waals surface area contributed by atoms with Gasteiger partial charge in [-0.25, -0.2) is 4.99 Å². The molecule has 2 aliphatic rings. The number of nitrogens with one attached hydrogen (secondary N) is 1. The molecule has 0 aromatic heterocycles. The van der Waals surface area contributed by atoms with E-state index >= 15 is 0 Å². The maximum absolute atomic E-state index is 12.6. The van der Waals surface area contributed by atoms with Crippen LogP contribution in [0.2, 0.25) is 10.0 Å². The first kappa shape index (κ1) is 22.0. The molecule has 2 aliphatic heterocycles. The topological polar surface area (TPSA) is 44.7 Å². The highest BCUT2D eigenvalue weighted by Crippen LogP contribution is 2.41. The number of hydrogen-bond acceptors (Lipinski definition) is 4. The second-order valence-electron chi connectivity index (χ2n) is 8.34. The van der Waals surface area contributed by atoms with Gasteiger partial charge in [0.25, 0.3) is 5.91 Å². The molecule has 0 atom stereocenters. The zero-order chi connectivity index (χ0) is 22.5. The number of hydrogen-bond donors (Lipinski definition) is 1. The first-order chi connectivity index (χ1) is 14.5. The number of carbonyl (C=O) groups is 1. The summed E-state index contributed by atoms with van der Waals surface area (Å²) < 4.78 is 0. The quantitative estimate of drug-likeness (QED) is 0.488. The van der Waals surface area contributed by atoms with E-state index in [1.165, 1.54) is 17.3 Å². The number of carbonyl (C=O) groups excluding carboxylic acids is 1. The third-order valence-corrected chi connectivity index (χ3v) is 7.14. The largest absolute Gasteiger partial charge is 0.365 e. The minimum absolute atomic E-state index is 0.0919. The van der Waals surface area contributed by atoms with Crippen molar-refractivity contribution in [2.24, 2.45) is 4.99 Å². The Labute approximate surface area is 197 Å². The van der Waals surface area contributed by atoms with Crippen molar-refractivity contribution >= 4 is 69.1 Å². The van der Waals surface area contributed by atoms with E-state index in [1.807, 2.05) is 37.3 Å². The molecular weight excluding hydrogens is 449 g/mol. The van der Waals surface area contributed by atoms with Crippen molar-refractivity contribution in [2.45, 2.75) is 33.2 Å². The maximum Gasteiger partial charge on any atom is 0.264 e. The van der Waals surface area contributed by atoms with Crippen molar-refractivity contribution in [3.05, 3.63) is 68.0 Å². The van der Waals surface area contributed by atoms with Crippen LogP contribution in [0.15, 0.2) is 46.3 Å². The molecular formula is C24H23Cl2N3OS. The molecule has 1 fully saturated rings. The van der Waals surface area contributed by atoms with Crippen molar-refractivity contribution in [1.29, 1.82) is 0 Å². The van der Waals surface area contributed by atoms with Crippen LogP contribution in [0, 0.1) is 6.92 Å². The number of nitrogens with zero attached hydrogens (tertiary/aromatic N) is 2. The molecule has 7 heteroatoms. The van der Waals surface area contributed by atoms with Crippen LogP contribution in [-0.2, 0) is 4.79 Å². The van der Waals surface area contributed by atoms with Crippen molar-refractivity contribution in [2.75, 3.05) is 11.9 Å². The van der Waals surface area contributed by atoms with Gasteiger partial charge in [-0.05, 0) is 86.5 Å². The van der Waals surface area contributed by atoms with Crippen LogP contribution in [-0.4, -0.2) is 23.7 Å². The van der Waals surface area contributed by atoms with Gasteiger partial charge in [0.2, 0.25) is 0 Å². The van der Waals surface area contributed by atoms with Gasteiger partial charge in [0, 0.05) is 28.3 Å². The third kappa shape index (κ3) is 4.27. The minimum atomic E-state index is -0.192. The summed E-state index contributed by atoms with van der Waals surface area (Å²) in [7, 11) is 2.07. The highest BCUT2D eigenvalue weighted by molar-refractivity contribution is 8.18. The number of thioether (sulfide) groups is 1. The fourth-order valence-electron chi connectivity index (χ4n) is 3.73. The number of anilines is 1. The average molecular weight is 472 g/mol. The van der Waals surface area contributed by atoms with Gasteiger partial charge in [0.15, 0.2) is 5.17 Å². The van der Waals surface area contributed by atoms with E-state index in [4.69, 9.17) is 23.2 Å². The van der Waals surface area contributed by atoms with E-state index in [2.05, 4.69) is 49.1 Å². The Bertz CT molecular complexity index is 1200. The number of amidine groups is 1. The zero-order valence-corrected chi connectivity index (χ0v) is 20.3. The van der Waals surface area contributed by atoms with Gasteiger partial charge < -0.3 is 10.2 Å². The van der Waals surface area contributed by atoms with E-state index in [0.717, 1.165) is 28.1 Å². The summed E-state index contributed by atoms with van der Waals surface area (Å²) >= 11 is 14.0. The van der Waals surface area contributed by atoms with Gasteiger partial charge in [-0.2, -0.15) is 0 Å². The lowest BCUT2D eigenvalue weighted by Gasteiger charge is -2.40. The van der Waals surface area contributed by atoms with Gasteiger partial charge >= 0.3 is 0 Å². The molecule has 1 amide bonds. The van der Waals surface area contributed by atoms with Crippen LogP contribution in [0.4, 0.5) is 11.4 Å². The molecule has 0 unspecified atom stereocenters. The van der Waals surface area contributed by atoms with E-state index in [1.54, 1.807) is 6.07 Å². The van der Waals surface area contributed by atoms with Crippen molar-refractivity contribution < 1.29 is 4.79 Å². The van der Waals surface area contributed by atoms with Gasteiger partial charge in [0.1, 0.15) is 0 Å². The summed E-state index contributed by atoms with van der Waals surface area (Å²) in [5.41, 5.74) is 5.82. The molecule has 0 bridgehead atoms. The van der Waals surface area contributed by atoms with Crippen molar-refractivity contribution in [3.63, 3.8) is 0 Å². The Balaban J connectivity index is 1.68. The number of aryl methyl sites for hydroxylation is 1. The van der Waals surface area contributed by atoms with Crippen LogP contribution >= 0.6 is 35.0 Å². The fourth-order valence-corrected chi connectivity index (χ4v) is 4.94. The van der Waals surface area contributed by atoms with Gasteiger partial charge in [0.05, 0.1) is 16.1 Å². The smallest absolute Gasteiger partial charge is 0.264 e. The molecule has 1 saturated heterocycles.